The minimum Gasteiger partial charge on any atom is -0.372 e. The standard InChI is InChI=1S/C18H20N4O3/c1-11-9-21(10-12(2)25-11)18(24)14-8-13-16(20(14)3)19-15-6-4-5-7-22(15)17(13)23/h4-8,11-12H,9-10H2,1-3H3/t11-,12-/m1/s1. The summed E-state index contributed by atoms with van der Waals surface area (Å²) in [6.45, 7) is 4.99. The van der Waals surface area contributed by atoms with E-state index < -0.39 is 0 Å². The first kappa shape index (κ1) is 15.8. The van der Waals surface area contributed by atoms with Gasteiger partial charge in [-0.25, -0.2) is 4.98 Å². The topological polar surface area (TPSA) is 68.8 Å². The van der Waals surface area contributed by atoms with Crippen molar-refractivity contribution in [2.75, 3.05) is 13.1 Å². The summed E-state index contributed by atoms with van der Waals surface area (Å²) in [4.78, 5) is 32.0. The number of ether oxygens (including phenoxy) is 1. The van der Waals surface area contributed by atoms with Gasteiger partial charge in [-0.2, -0.15) is 0 Å². The van der Waals surface area contributed by atoms with Crippen LogP contribution in [0.1, 0.15) is 24.3 Å². The number of morpholine rings is 1. The van der Waals surface area contributed by atoms with Crippen molar-refractivity contribution in [2.45, 2.75) is 26.1 Å². The van der Waals surface area contributed by atoms with Crippen LogP contribution in [0.4, 0.5) is 0 Å². The molecule has 7 heteroatoms. The van der Waals surface area contributed by atoms with E-state index in [1.165, 1.54) is 4.40 Å². The van der Waals surface area contributed by atoms with Gasteiger partial charge < -0.3 is 14.2 Å². The number of hydrogen-bond acceptors (Lipinski definition) is 4. The summed E-state index contributed by atoms with van der Waals surface area (Å²) in [7, 11) is 1.77. The van der Waals surface area contributed by atoms with Crippen molar-refractivity contribution < 1.29 is 9.53 Å². The van der Waals surface area contributed by atoms with Gasteiger partial charge >= 0.3 is 0 Å². The Kier molecular flexibility index (Phi) is 3.61. The van der Waals surface area contributed by atoms with Crippen LogP contribution >= 0.6 is 0 Å². The Balaban J connectivity index is 1.84. The number of aryl methyl sites for hydroxylation is 1. The van der Waals surface area contributed by atoms with Crippen LogP contribution in [0.5, 0.6) is 0 Å². The fourth-order valence-electron chi connectivity index (χ4n) is 3.53. The quantitative estimate of drug-likeness (QED) is 0.672. The van der Waals surface area contributed by atoms with Crippen molar-refractivity contribution in [3.63, 3.8) is 0 Å². The van der Waals surface area contributed by atoms with Gasteiger partial charge in [0.25, 0.3) is 11.5 Å². The number of carbonyl (C=O) groups is 1. The van der Waals surface area contributed by atoms with E-state index in [1.54, 1.807) is 40.9 Å². The van der Waals surface area contributed by atoms with E-state index in [2.05, 4.69) is 4.98 Å². The third-order valence-electron chi connectivity index (χ3n) is 4.63. The Morgan fingerprint density at radius 3 is 2.68 bits per heavy atom. The number of nitrogens with zero attached hydrogens (tertiary/aromatic N) is 4. The number of hydrogen-bond donors (Lipinski definition) is 0. The third-order valence-corrected chi connectivity index (χ3v) is 4.63. The van der Waals surface area contributed by atoms with Gasteiger partial charge in [0.15, 0.2) is 0 Å². The first-order chi connectivity index (χ1) is 12.0. The molecule has 0 saturated carbocycles. The number of aromatic nitrogens is 3. The zero-order valence-electron chi connectivity index (χ0n) is 14.5. The average molecular weight is 340 g/mol. The van der Waals surface area contributed by atoms with Crippen molar-refractivity contribution in [3.05, 3.63) is 46.5 Å². The predicted octanol–water partition coefficient (Wildman–Crippen LogP) is 1.44. The first-order valence-electron chi connectivity index (χ1n) is 8.37. The van der Waals surface area contributed by atoms with Crippen molar-refractivity contribution in [1.29, 1.82) is 0 Å². The Labute approximate surface area is 144 Å². The summed E-state index contributed by atoms with van der Waals surface area (Å²) >= 11 is 0. The minimum atomic E-state index is -0.168. The summed E-state index contributed by atoms with van der Waals surface area (Å²) in [5.74, 6) is -0.101. The highest BCUT2D eigenvalue weighted by Gasteiger charge is 2.29. The van der Waals surface area contributed by atoms with E-state index >= 15 is 0 Å². The van der Waals surface area contributed by atoms with Gasteiger partial charge in [0, 0.05) is 26.3 Å². The zero-order valence-corrected chi connectivity index (χ0v) is 14.5. The fourth-order valence-corrected chi connectivity index (χ4v) is 3.53. The lowest BCUT2D eigenvalue weighted by Gasteiger charge is -2.35. The van der Waals surface area contributed by atoms with Crippen LogP contribution in [0.25, 0.3) is 16.7 Å². The molecule has 4 rings (SSSR count). The minimum absolute atomic E-state index is 0.00581. The molecular weight excluding hydrogens is 320 g/mol. The first-order valence-corrected chi connectivity index (χ1v) is 8.37. The molecule has 0 N–H and O–H groups in total. The molecule has 4 heterocycles. The molecule has 3 aromatic rings. The van der Waals surface area contributed by atoms with Crippen LogP contribution in [0.15, 0.2) is 35.3 Å². The number of amides is 1. The van der Waals surface area contributed by atoms with Crippen molar-refractivity contribution in [2.24, 2.45) is 7.05 Å². The van der Waals surface area contributed by atoms with Gasteiger partial charge in [0.2, 0.25) is 0 Å². The molecule has 25 heavy (non-hydrogen) atoms. The molecule has 1 aliphatic rings. The van der Waals surface area contributed by atoms with E-state index in [4.69, 9.17) is 4.74 Å². The second-order valence-corrected chi connectivity index (χ2v) is 6.64. The molecule has 0 radical (unpaired) electrons. The highest BCUT2D eigenvalue weighted by atomic mass is 16.5. The molecule has 7 nitrogen and oxygen atoms in total. The van der Waals surface area contributed by atoms with Gasteiger partial charge in [0.05, 0.1) is 17.6 Å². The third kappa shape index (κ3) is 2.51. The van der Waals surface area contributed by atoms with Gasteiger partial charge in [-0.3, -0.25) is 14.0 Å². The maximum atomic E-state index is 13.0. The van der Waals surface area contributed by atoms with Gasteiger partial charge in [-0.1, -0.05) is 6.07 Å². The van der Waals surface area contributed by atoms with Gasteiger partial charge in [-0.15, -0.1) is 0 Å². The van der Waals surface area contributed by atoms with E-state index in [1.807, 2.05) is 19.9 Å². The molecule has 1 amide bonds. The predicted molar refractivity (Wildman–Crippen MR) is 93.9 cm³/mol. The normalized spacial score (nSPS) is 21.2. The molecule has 1 fully saturated rings. The molecule has 1 aliphatic heterocycles. The SMILES string of the molecule is C[C@@H]1CN(C(=O)c2cc3c(=O)n4ccccc4nc3n2C)C[C@@H](C)O1. The van der Waals surface area contributed by atoms with Crippen molar-refractivity contribution >= 4 is 22.6 Å². The van der Waals surface area contributed by atoms with Gasteiger partial charge in [-0.05, 0) is 32.0 Å². The molecule has 1 saturated heterocycles. The summed E-state index contributed by atoms with van der Waals surface area (Å²) < 4.78 is 8.90. The Morgan fingerprint density at radius 1 is 1.24 bits per heavy atom. The lowest BCUT2D eigenvalue weighted by molar-refractivity contribution is -0.0588. The Bertz CT molecular complexity index is 1030. The van der Waals surface area contributed by atoms with Crippen LogP contribution in [0.3, 0.4) is 0 Å². The zero-order chi connectivity index (χ0) is 17.7. The molecular formula is C18H20N4O3. The second kappa shape index (κ2) is 5.70. The second-order valence-electron chi connectivity index (χ2n) is 6.64. The number of carbonyl (C=O) groups excluding carboxylic acids is 1. The Morgan fingerprint density at radius 2 is 1.96 bits per heavy atom. The van der Waals surface area contributed by atoms with Gasteiger partial charge in [0.1, 0.15) is 17.0 Å². The van der Waals surface area contributed by atoms with E-state index in [0.717, 1.165) is 0 Å². The fraction of sp³-hybridized carbons (Fsp3) is 0.389. The lowest BCUT2D eigenvalue weighted by atomic mass is 10.2. The summed E-state index contributed by atoms with van der Waals surface area (Å²) in [5, 5.41) is 0.448. The monoisotopic (exact) mass is 340 g/mol. The lowest BCUT2D eigenvalue weighted by Crippen LogP contribution is -2.48. The van der Waals surface area contributed by atoms with Crippen molar-refractivity contribution in [1.82, 2.24) is 18.9 Å². The molecule has 130 valence electrons. The molecule has 0 spiro atoms. The van der Waals surface area contributed by atoms with E-state index in [9.17, 15) is 9.59 Å². The van der Waals surface area contributed by atoms with E-state index in [0.29, 0.717) is 35.5 Å². The molecule has 3 aromatic heterocycles. The molecule has 0 aromatic carbocycles. The highest BCUT2D eigenvalue weighted by Crippen LogP contribution is 2.19. The maximum absolute atomic E-state index is 13.0. The number of pyridine rings is 1. The smallest absolute Gasteiger partial charge is 0.270 e. The van der Waals surface area contributed by atoms with Crippen LogP contribution in [0.2, 0.25) is 0 Å². The van der Waals surface area contributed by atoms with Crippen LogP contribution < -0.4 is 5.56 Å². The molecule has 0 aliphatic carbocycles. The maximum Gasteiger partial charge on any atom is 0.270 e. The molecule has 0 bridgehead atoms. The average Bonchev–Trinajstić information content (AvgIpc) is 2.91. The highest BCUT2D eigenvalue weighted by molar-refractivity contribution is 5.98. The van der Waals surface area contributed by atoms with Crippen LogP contribution in [-0.2, 0) is 11.8 Å². The Hall–Kier alpha value is -2.67. The summed E-state index contributed by atoms with van der Waals surface area (Å²) in [6.07, 6.45) is 1.67. The molecule has 0 unspecified atom stereocenters. The van der Waals surface area contributed by atoms with Crippen LogP contribution in [-0.4, -0.2) is 50.1 Å². The van der Waals surface area contributed by atoms with E-state index in [-0.39, 0.29) is 23.7 Å². The number of fused-ring (bicyclic) bond motifs is 2. The summed E-state index contributed by atoms with van der Waals surface area (Å²) in [6, 6.07) is 7.05. The van der Waals surface area contributed by atoms with Crippen LogP contribution in [0, 0.1) is 0 Å². The molecule has 2 atom stereocenters. The summed E-state index contributed by atoms with van der Waals surface area (Å²) in [5.41, 5.74) is 1.39. The largest absolute Gasteiger partial charge is 0.372 e. The number of rotatable bonds is 1. The van der Waals surface area contributed by atoms with Crippen molar-refractivity contribution in [3.8, 4) is 0 Å².